The molecule has 2 heterocycles. The van der Waals surface area contributed by atoms with Gasteiger partial charge >= 0.3 is 0 Å². The molecule has 2 aromatic heterocycles. The second-order valence-corrected chi connectivity index (χ2v) is 6.06. The van der Waals surface area contributed by atoms with Gasteiger partial charge in [0.2, 0.25) is 5.95 Å². The van der Waals surface area contributed by atoms with E-state index in [0.717, 1.165) is 4.68 Å². The molecule has 0 unspecified atom stereocenters. The van der Waals surface area contributed by atoms with E-state index in [1.807, 2.05) is 0 Å². The largest absolute Gasteiger partial charge is 0.292 e. The van der Waals surface area contributed by atoms with Crippen LogP contribution in [0.2, 0.25) is 0 Å². The van der Waals surface area contributed by atoms with E-state index < -0.39 is 17.0 Å². The summed E-state index contributed by atoms with van der Waals surface area (Å²) in [5.74, 6) is -0.729. The summed E-state index contributed by atoms with van der Waals surface area (Å²) in [5.41, 5.74) is -0.666. The van der Waals surface area contributed by atoms with Crippen LogP contribution in [0, 0.1) is 5.82 Å². The third kappa shape index (κ3) is 3.49. The molecule has 7 nitrogen and oxygen atoms in total. The van der Waals surface area contributed by atoms with Crippen LogP contribution >= 0.6 is 0 Å². The first-order valence-corrected chi connectivity index (χ1v) is 7.83. The summed E-state index contributed by atoms with van der Waals surface area (Å²) in [7, 11) is 0. The van der Waals surface area contributed by atoms with Gasteiger partial charge in [-0.1, -0.05) is 0 Å². The number of hydrogen-bond donors (Lipinski definition) is 1. The molecule has 3 aromatic rings. The first kappa shape index (κ1) is 17.4. The molecular weight excluding hydrogens is 337 g/mol. The molecule has 0 saturated heterocycles. The van der Waals surface area contributed by atoms with E-state index in [9.17, 15) is 14.0 Å². The van der Waals surface area contributed by atoms with Crippen molar-refractivity contribution in [3.63, 3.8) is 0 Å². The molecule has 0 aliphatic rings. The van der Waals surface area contributed by atoms with Crippen molar-refractivity contribution in [3.05, 3.63) is 71.0 Å². The van der Waals surface area contributed by atoms with Crippen LogP contribution in [0.4, 0.5) is 10.3 Å². The summed E-state index contributed by atoms with van der Waals surface area (Å²) < 4.78 is 14.2. The van der Waals surface area contributed by atoms with E-state index in [2.05, 4.69) is 20.4 Å². The Morgan fingerprint density at radius 3 is 2.38 bits per heavy atom. The number of halogens is 1. The Hall–Kier alpha value is -3.42. The molecule has 3 rings (SSSR count). The Labute approximate surface area is 148 Å². The topological polar surface area (TPSA) is 89.8 Å². The summed E-state index contributed by atoms with van der Waals surface area (Å²) in [6.07, 6.45) is 2.99. The van der Waals surface area contributed by atoms with Crippen molar-refractivity contribution in [2.24, 2.45) is 0 Å². The Kier molecular flexibility index (Phi) is 4.57. The number of anilines is 1. The minimum absolute atomic E-state index is 0.133. The van der Waals surface area contributed by atoms with E-state index in [-0.39, 0.29) is 11.8 Å². The average molecular weight is 353 g/mol. The molecule has 132 valence electrons. The maximum atomic E-state index is 13.1. The number of hydrogen-bond acceptors (Lipinski definition) is 5. The monoisotopic (exact) mass is 353 g/mol. The van der Waals surface area contributed by atoms with Crippen LogP contribution in [0.5, 0.6) is 0 Å². The van der Waals surface area contributed by atoms with Crippen molar-refractivity contribution in [3.8, 4) is 11.3 Å². The molecule has 0 spiro atoms. The van der Waals surface area contributed by atoms with Crippen LogP contribution in [-0.2, 0) is 10.3 Å². The number of amides is 1. The quantitative estimate of drug-likeness (QED) is 0.777. The van der Waals surface area contributed by atoms with Gasteiger partial charge in [0.05, 0.1) is 5.69 Å². The molecule has 0 radical (unpaired) electrons. The van der Waals surface area contributed by atoms with E-state index in [1.165, 1.54) is 36.7 Å². The highest BCUT2D eigenvalue weighted by Gasteiger charge is 2.32. The molecule has 1 amide bonds. The van der Waals surface area contributed by atoms with Crippen LogP contribution in [-0.4, -0.2) is 25.7 Å². The smallest absolute Gasteiger partial charge is 0.267 e. The van der Waals surface area contributed by atoms with Crippen LogP contribution in [0.15, 0.2) is 59.7 Å². The zero-order valence-corrected chi connectivity index (χ0v) is 14.2. The lowest BCUT2D eigenvalue weighted by Crippen LogP contribution is -2.47. The molecule has 0 aliphatic carbocycles. The molecular formula is C18H16FN5O2. The van der Waals surface area contributed by atoms with Gasteiger partial charge in [0.25, 0.3) is 11.5 Å². The van der Waals surface area contributed by atoms with Crippen molar-refractivity contribution in [2.75, 3.05) is 5.32 Å². The van der Waals surface area contributed by atoms with Gasteiger partial charge in [-0.05, 0) is 50.2 Å². The lowest BCUT2D eigenvalue weighted by Gasteiger charge is -2.24. The highest BCUT2D eigenvalue weighted by Crippen LogP contribution is 2.19. The van der Waals surface area contributed by atoms with Gasteiger partial charge in [-0.3, -0.25) is 14.9 Å². The molecule has 0 fully saturated rings. The average Bonchev–Trinajstić information content (AvgIpc) is 2.63. The second kappa shape index (κ2) is 6.83. The highest BCUT2D eigenvalue weighted by atomic mass is 19.1. The number of carbonyl (C=O) groups is 1. The number of nitrogens with one attached hydrogen (secondary N) is 1. The highest BCUT2D eigenvalue weighted by molar-refractivity contribution is 5.94. The Morgan fingerprint density at radius 2 is 1.73 bits per heavy atom. The second-order valence-electron chi connectivity index (χ2n) is 6.06. The lowest BCUT2D eigenvalue weighted by molar-refractivity contribution is -0.123. The van der Waals surface area contributed by atoms with Crippen molar-refractivity contribution in [1.29, 1.82) is 0 Å². The van der Waals surface area contributed by atoms with Crippen LogP contribution in [0.3, 0.4) is 0 Å². The van der Waals surface area contributed by atoms with E-state index in [1.54, 1.807) is 32.0 Å². The third-order valence-electron chi connectivity index (χ3n) is 3.82. The summed E-state index contributed by atoms with van der Waals surface area (Å²) in [6.45, 7) is 3.13. The van der Waals surface area contributed by atoms with Gasteiger partial charge in [-0.2, -0.15) is 5.10 Å². The molecule has 8 heteroatoms. The predicted octanol–water partition coefficient (Wildman–Crippen LogP) is 2.21. The predicted molar refractivity (Wildman–Crippen MR) is 93.9 cm³/mol. The first-order chi connectivity index (χ1) is 12.4. The van der Waals surface area contributed by atoms with E-state index in [0.29, 0.717) is 11.3 Å². The van der Waals surface area contributed by atoms with Crippen LogP contribution in [0.25, 0.3) is 11.3 Å². The fourth-order valence-corrected chi connectivity index (χ4v) is 2.30. The van der Waals surface area contributed by atoms with E-state index in [4.69, 9.17) is 0 Å². The van der Waals surface area contributed by atoms with Crippen molar-refractivity contribution < 1.29 is 9.18 Å². The van der Waals surface area contributed by atoms with Gasteiger partial charge in [0.1, 0.15) is 11.4 Å². The Balaban J connectivity index is 1.96. The molecule has 0 atom stereocenters. The van der Waals surface area contributed by atoms with Gasteiger partial charge in [0.15, 0.2) is 0 Å². The molecule has 1 aromatic carbocycles. The molecule has 1 N–H and O–H groups in total. The lowest BCUT2D eigenvalue weighted by atomic mass is 10.0. The summed E-state index contributed by atoms with van der Waals surface area (Å²) >= 11 is 0. The van der Waals surface area contributed by atoms with Crippen LogP contribution < -0.4 is 10.9 Å². The molecule has 26 heavy (non-hydrogen) atoms. The molecule has 0 aliphatic heterocycles. The zero-order valence-electron chi connectivity index (χ0n) is 14.2. The number of rotatable bonds is 4. The maximum Gasteiger partial charge on any atom is 0.267 e. The van der Waals surface area contributed by atoms with Crippen molar-refractivity contribution in [2.45, 2.75) is 19.4 Å². The van der Waals surface area contributed by atoms with Crippen LogP contribution in [0.1, 0.15) is 13.8 Å². The molecule has 0 saturated carbocycles. The Bertz CT molecular complexity index is 984. The summed E-state index contributed by atoms with van der Waals surface area (Å²) in [6, 6.07) is 10.2. The summed E-state index contributed by atoms with van der Waals surface area (Å²) in [5, 5.41) is 6.85. The minimum atomic E-state index is -1.30. The normalized spacial score (nSPS) is 11.2. The third-order valence-corrected chi connectivity index (χ3v) is 3.82. The fourth-order valence-electron chi connectivity index (χ4n) is 2.30. The van der Waals surface area contributed by atoms with Crippen molar-refractivity contribution >= 4 is 11.9 Å². The van der Waals surface area contributed by atoms with Gasteiger partial charge < -0.3 is 0 Å². The van der Waals surface area contributed by atoms with Gasteiger partial charge in [0, 0.05) is 24.0 Å². The number of benzene rings is 1. The summed E-state index contributed by atoms with van der Waals surface area (Å²) in [4.78, 5) is 32.8. The fraction of sp³-hybridized carbons (Fsp3) is 0.167. The molecule has 0 bridgehead atoms. The van der Waals surface area contributed by atoms with E-state index >= 15 is 0 Å². The maximum absolute atomic E-state index is 13.1. The Morgan fingerprint density at radius 1 is 1.08 bits per heavy atom. The van der Waals surface area contributed by atoms with Crippen molar-refractivity contribution in [1.82, 2.24) is 19.7 Å². The standard InChI is InChI=1S/C18H16FN5O2/c1-18(2,16(26)22-17-20-10-3-11-21-17)24-15(25)9-8-14(23-24)12-4-6-13(19)7-5-12/h3-11H,1-2H3,(H,20,21,22,26). The SMILES string of the molecule is CC(C)(C(=O)Nc1ncccn1)n1nc(-c2ccc(F)cc2)ccc1=O. The number of carbonyl (C=O) groups excluding carboxylic acids is 1. The number of nitrogens with zero attached hydrogens (tertiary/aromatic N) is 4. The van der Waals surface area contributed by atoms with Gasteiger partial charge in [-0.15, -0.1) is 0 Å². The first-order valence-electron chi connectivity index (χ1n) is 7.83. The van der Waals surface area contributed by atoms with Gasteiger partial charge in [-0.25, -0.2) is 19.0 Å². The zero-order chi connectivity index (χ0) is 18.7. The minimum Gasteiger partial charge on any atom is -0.292 e. The number of aromatic nitrogens is 4.